The van der Waals surface area contributed by atoms with Crippen LogP contribution in [0.2, 0.25) is 32.2 Å². The van der Waals surface area contributed by atoms with Crippen LogP contribution in [0.1, 0.15) is 20.3 Å². The Balaban J connectivity index is 3.82. The number of alkyl halides is 1. The molecule has 0 saturated carbocycles. The Morgan fingerprint density at radius 1 is 1.35 bits per heavy atom. The molecule has 0 saturated heterocycles. The Hall–Kier alpha value is 0.344. The summed E-state index contributed by atoms with van der Waals surface area (Å²) in [6, 6.07) is 1.04. The minimum Gasteiger partial charge on any atom is -0.465 e. The number of carbonyl (C=O) groups is 1. The number of rotatable bonds is 7. The SMILES string of the molecule is C[Si](C)O[Si](C)(C)CCCOC(=O)C(C)(C)Br. The third kappa shape index (κ3) is 8.99. The van der Waals surface area contributed by atoms with Gasteiger partial charge in [-0.2, -0.15) is 0 Å². The van der Waals surface area contributed by atoms with Crippen molar-refractivity contribution in [1.82, 2.24) is 0 Å². The molecule has 0 rings (SSSR count). The Bertz CT molecular complexity index is 250. The van der Waals surface area contributed by atoms with Crippen molar-refractivity contribution < 1.29 is 13.6 Å². The van der Waals surface area contributed by atoms with Crippen molar-refractivity contribution in [2.45, 2.75) is 56.8 Å². The molecule has 0 aliphatic heterocycles. The van der Waals surface area contributed by atoms with E-state index in [4.69, 9.17) is 8.85 Å². The molecular formula is C11H24BrO3Si2. The summed E-state index contributed by atoms with van der Waals surface area (Å²) in [5.74, 6) is -0.200. The fraction of sp³-hybridized carbons (Fsp3) is 0.909. The number of hydrogen-bond acceptors (Lipinski definition) is 3. The van der Waals surface area contributed by atoms with Gasteiger partial charge in [-0.3, -0.25) is 4.79 Å². The zero-order valence-corrected chi connectivity index (χ0v) is 15.3. The van der Waals surface area contributed by atoms with E-state index in [0.29, 0.717) is 6.61 Å². The van der Waals surface area contributed by atoms with Crippen molar-refractivity contribution in [3.05, 3.63) is 0 Å². The van der Waals surface area contributed by atoms with Crippen LogP contribution in [-0.4, -0.2) is 34.3 Å². The van der Waals surface area contributed by atoms with Gasteiger partial charge in [-0.25, -0.2) is 0 Å². The van der Waals surface area contributed by atoms with Crippen LogP contribution in [-0.2, 0) is 13.6 Å². The quantitative estimate of drug-likeness (QED) is 0.308. The highest BCUT2D eigenvalue weighted by Crippen LogP contribution is 2.19. The van der Waals surface area contributed by atoms with Gasteiger partial charge in [0.25, 0.3) is 0 Å². The number of esters is 1. The number of carbonyl (C=O) groups excluding carboxylic acids is 1. The molecule has 0 bridgehead atoms. The van der Waals surface area contributed by atoms with Gasteiger partial charge in [-0.05, 0) is 52.5 Å². The van der Waals surface area contributed by atoms with Crippen LogP contribution in [0.25, 0.3) is 0 Å². The molecule has 0 aliphatic carbocycles. The highest BCUT2D eigenvalue weighted by molar-refractivity contribution is 9.10. The summed E-state index contributed by atoms with van der Waals surface area (Å²) in [5.41, 5.74) is 0. The Morgan fingerprint density at radius 2 is 1.88 bits per heavy atom. The predicted molar refractivity (Wildman–Crippen MR) is 79.4 cm³/mol. The van der Waals surface area contributed by atoms with Gasteiger partial charge in [0.05, 0.1) is 6.61 Å². The van der Waals surface area contributed by atoms with Crippen LogP contribution < -0.4 is 0 Å². The van der Waals surface area contributed by atoms with Crippen LogP contribution >= 0.6 is 15.9 Å². The highest BCUT2D eigenvalue weighted by atomic mass is 79.9. The van der Waals surface area contributed by atoms with Crippen molar-refractivity contribution in [3.63, 3.8) is 0 Å². The first kappa shape index (κ1) is 17.3. The minimum absolute atomic E-state index is 0.200. The van der Waals surface area contributed by atoms with E-state index in [-0.39, 0.29) is 5.97 Å². The van der Waals surface area contributed by atoms with Gasteiger partial charge < -0.3 is 8.85 Å². The van der Waals surface area contributed by atoms with Crippen molar-refractivity contribution in [3.8, 4) is 0 Å². The molecule has 0 atom stereocenters. The highest BCUT2D eigenvalue weighted by Gasteiger charge is 2.26. The second-order valence-corrected chi connectivity index (χ2v) is 14.1. The molecule has 17 heavy (non-hydrogen) atoms. The number of ether oxygens (including phenoxy) is 1. The summed E-state index contributed by atoms with van der Waals surface area (Å²) in [4.78, 5) is 11.5. The minimum atomic E-state index is -1.54. The summed E-state index contributed by atoms with van der Waals surface area (Å²) < 4.78 is 10.6. The summed E-state index contributed by atoms with van der Waals surface area (Å²) >= 11 is 3.28. The van der Waals surface area contributed by atoms with Crippen LogP contribution in [0.3, 0.4) is 0 Å². The Morgan fingerprint density at radius 3 is 2.29 bits per heavy atom. The van der Waals surface area contributed by atoms with Crippen molar-refractivity contribution in [2.75, 3.05) is 6.61 Å². The zero-order chi connectivity index (χ0) is 13.7. The molecule has 0 aromatic rings. The fourth-order valence-corrected chi connectivity index (χ4v) is 7.38. The van der Waals surface area contributed by atoms with Gasteiger partial charge in [0.15, 0.2) is 17.4 Å². The molecule has 0 aliphatic rings. The molecule has 1 radical (unpaired) electrons. The van der Waals surface area contributed by atoms with Gasteiger partial charge in [0.1, 0.15) is 4.32 Å². The number of halogens is 1. The molecule has 0 heterocycles. The lowest BCUT2D eigenvalue weighted by Crippen LogP contribution is -2.35. The molecular weight excluding hydrogens is 316 g/mol. The topological polar surface area (TPSA) is 35.5 Å². The van der Waals surface area contributed by atoms with E-state index in [1.54, 1.807) is 13.8 Å². The van der Waals surface area contributed by atoms with Crippen LogP contribution in [0.5, 0.6) is 0 Å². The second kappa shape index (κ2) is 7.06. The summed E-state index contributed by atoms with van der Waals surface area (Å²) in [7, 11) is -2.16. The third-order valence-corrected chi connectivity index (χ3v) is 7.85. The molecule has 0 fully saturated rings. The first-order chi connectivity index (χ1) is 7.54. The maximum absolute atomic E-state index is 11.5. The largest absolute Gasteiger partial charge is 0.465 e. The van der Waals surface area contributed by atoms with E-state index < -0.39 is 21.7 Å². The Labute approximate surface area is 116 Å². The standard InChI is InChI=1S/C11H24BrO3Si2/c1-11(2,12)10(13)14-8-7-9-17(5,6)15-16(3)4/h7-9H2,1-6H3. The van der Waals surface area contributed by atoms with E-state index in [2.05, 4.69) is 42.1 Å². The normalized spacial score (nSPS) is 12.9. The molecule has 0 amide bonds. The molecule has 3 nitrogen and oxygen atoms in total. The van der Waals surface area contributed by atoms with Crippen LogP contribution in [0, 0.1) is 0 Å². The molecule has 0 aromatic carbocycles. The first-order valence-electron chi connectivity index (χ1n) is 5.90. The van der Waals surface area contributed by atoms with Crippen molar-refractivity contribution in [1.29, 1.82) is 0 Å². The van der Waals surface area contributed by atoms with E-state index in [1.807, 2.05) is 0 Å². The first-order valence-corrected chi connectivity index (χ1v) is 12.2. The fourth-order valence-electron chi connectivity index (χ4n) is 1.44. The predicted octanol–water partition coefficient (Wildman–Crippen LogP) is 3.57. The van der Waals surface area contributed by atoms with E-state index in [0.717, 1.165) is 12.5 Å². The average Bonchev–Trinajstić information content (AvgIpc) is 2.08. The molecule has 0 unspecified atom stereocenters. The summed E-state index contributed by atoms with van der Waals surface area (Å²) in [6.07, 6.45) is 0.892. The van der Waals surface area contributed by atoms with E-state index in [1.165, 1.54) is 0 Å². The molecule has 0 N–H and O–H groups in total. The van der Waals surface area contributed by atoms with Crippen molar-refractivity contribution >= 4 is 39.3 Å². The average molecular weight is 340 g/mol. The van der Waals surface area contributed by atoms with Gasteiger partial charge >= 0.3 is 5.97 Å². The van der Waals surface area contributed by atoms with Gasteiger partial charge in [0, 0.05) is 0 Å². The summed E-state index contributed by atoms with van der Waals surface area (Å²) in [6.45, 7) is 12.8. The Kier molecular flexibility index (Phi) is 7.20. The van der Waals surface area contributed by atoms with Gasteiger partial charge in [-0.15, -0.1) is 0 Å². The smallest absolute Gasteiger partial charge is 0.322 e. The number of hydrogen-bond donors (Lipinski definition) is 0. The monoisotopic (exact) mass is 339 g/mol. The molecule has 0 aromatic heterocycles. The van der Waals surface area contributed by atoms with Crippen LogP contribution in [0.4, 0.5) is 0 Å². The molecule has 101 valence electrons. The van der Waals surface area contributed by atoms with Gasteiger partial charge in [-0.1, -0.05) is 15.9 Å². The van der Waals surface area contributed by atoms with E-state index >= 15 is 0 Å². The second-order valence-electron chi connectivity index (χ2n) is 5.48. The van der Waals surface area contributed by atoms with Crippen molar-refractivity contribution in [2.24, 2.45) is 0 Å². The zero-order valence-electron chi connectivity index (χ0n) is 11.7. The maximum Gasteiger partial charge on any atom is 0.322 e. The molecule has 6 heteroatoms. The van der Waals surface area contributed by atoms with E-state index in [9.17, 15) is 4.79 Å². The van der Waals surface area contributed by atoms with Gasteiger partial charge in [0.2, 0.25) is 0 Å². The third-order valence-electron chi connectivity index (χ3n) is 2.12. The lowest BCUT2D eigenvalue weighted by Gasteiger charge is -2.25. The lowest BCUT2D eigenvalue weighted by atomic mass is 10.2. The van der Waals surface area contributed by atoms with Crippen LogP contribution in [0.15, 0.2) is 0 Å². The molecule has 0 spiro atoms. The maximum atomic E-state index is 11.5. The summed E-state index contributed by atoms with van der Waals surface area (Å²) in [5, 5.41) is 0. The lowest BCUT2D eigenvalue weighted by molar-refractivity contribution is -0.145.